The summed E-state index contributed by atoms with van der Waals surface area (Å²) in [6, 6.07) is 24.9. The second-order valence-electron chi connectivity index (χ2n) is 5.05. The zero-order chi connectivity index (χ0) is 15.5. The van der Waals surface area contributed by atoms with Crippen molar-refractivity contribution in [1.82, 2.24) is 0 Å². The summed E-state index contributed by atoms with van der Waals surface area (Å²) in [5, 5.41) is 0. The smallest absolute Gasteiger partial charge is 0.0259 e. The zero-order valence-electron chi connectivity index (χ0n) is 11.9. The molecule has 0 fully saturated rings. The van der Waals surface area contributed by atoms with Gasteiger partial charge in [0.15, 0.2) is 0 Å². The van der Waals surface area contributed by atoms with Gasteiger partial charge in [-0.1, -0.05) is 93.0 Å². The lowest BCUT2D eigenvalue weighted by molar-refractivity contribution is 1.51. The van der Waals surface area contributed by atoms with Crippen LogP contribution in [0.4, 0.5) is 0 Å². The van der Waals surface area contributed by atoms with Crippen molar-refractivity contribution in [3.63, 3.8) is 0 Å². The molecular formula is C20H14Br2. The van der Waals surface area contributed by atoms with Gasteiger partial charge in [0.05, 0.1) is 0 Å². The van der Waals surface area contributed by atoms with Crippen LogP contribution in [0.15, 0.2) is 88.3 Å². The molecule has 0 unspecified atom stereocenters. The maximum atomic E-state index is 4.22. The van der Waals surface area contributed by atoms with E-state index in [1.165, 1.54) is 11.1 Å². The van der Waals surface area contributed by atoms with Gasteiger partial charge in [0.1, 0.15) is 0 Å². The highest BCUT2D eigenvalue weighted by molar-refractivity contribution is 9.10. The molecule has 0 heterocycles. The minimum Gasteiger partial charge on any atom is -0.0906 e. The maximum absolute atomic E-state index is 4.22. The van der Waals surface area contributed by atoms with Crippen LogP contribution >= 0.6 is 31.9 Å². The second-order valence-corrected chi connectivity index (χ2v) is 6.82. The molecule has 0 nitrogen and oxygen atoms in total. The molecule has 0 aliphatic carbocycles. The van der Waals surface area contributed by atoms with Gasteiger partial charge < -0.3 is 0 Å². The van der Waals surface area contributed by atoms with Crippen molar-refractivity contribution in [3.05, 3.63) is 99.4 Å². The molecule has 0 bridgehead atoms. The van der Waals surface area contributed by atoms with E-state index < -0.39 is 0 Å². The molecule has 0 aliphatic rings. The van der Waals surface area contributed by atoms with Crippen LogP contribution in [0.5, 0.6) is 0 Å². The molecule has 3 aromatic carbocycles. The van der Waals surface area contributed by atoms with Crippen LogP contribution in [-0.4, -0.2) is 0 Å². The predicted molar refractivity (Wildman–Crippen MR) is 102 cm³/mol. The molecule has 0 N–H and O–H groups in total. The van der Waals surface area contributed by atoms with Gasteiger partial charge in [-0.05, 0) is 46.0 Å². The fourth-order valence-corrected chi connectivity index (χ4v) is 3.41. The van der Waals surface area contributed by atoms with Crippen molar-refractivity contribution in [2.45, 2.75) is 0 Å². The van der Waals surface area contributed by atoms with Gasteiger partial charge in [0, 0.05) is 8.95 Å². The van der Waals surface area contributed by atoms with Crippen LogP contribution in [0.2, 0.25) is 0 Å². The minimum atomic E-state index is 1.03. The summed E-state index contributed by atoms with van der Waals surface area (Å²) in [7, 11) is 0. The number of hydrogen-bond acceptors (Lipinski definition) is 0. The van der Waals surface area contributed by atoms with E-state index in [-0.39, 0.29) is 0 Å². The Balaban J connectivity index is 1.98. The zero-order valence-corrected chi connectivity index (χ0v) is 15.1. The molecule has 22 heavy (non-hydrogen) atoms. The van der Waals surface area contributed by atoms with Gasteiger partial charge in [-0.3, -0.25) is 0 Å². The van der Waals surface area contributed by atoms with Crippen LogP contribution in [0.25, 0.3) is 16.7 Å². The van der Waals surface area contributed by atoms with Crippen LogP contribution in [-0.2, 0) is 0 Å². The predicted octanol–water partition coefficient (Wildman–Crippen LogP) is 6.94. The largest absolute Gasteiger partial charge is 0.0906 e. The summed E-state index contributed by atoms with van der Waals surface area (Å²) in [4.78, 5) is 0. The van der Waals surface area contributed by atoms with Crippen molar-refractivity contribution >= 4 is 37.4 Å². The first kappa shape index (κ1) is 15.3. The third kappa shape index (κ3) is 3.23. The summed E-state index contributed by atoms with van der Waals surface area (Å²) < 4.78 is 2.15. The van der Waals surface area contributed by atoms with Crippen molar-refractivity contribution in [2.75, 3.05) is 0 Å². The van der Waals surface area contributed by atoms with Crippen LogP contribution in [0.1, 0.15) is 11.1 Å². The van der Waals surface area contributed by atoms with E-state index in [1.807, 2.05) is 30.3 Å². The first-order valence-electron chi connectivity index (χ1n) is 6.95. The van der Waals surface area contributed by atoms with Crippen molar-refractivity contribution in [2.24, 2.45) is 0 Å². The van der Waals surface area contributed by atoms with E-state index in [0.717, 1.165) is 25.6 Å². The Bertz CT molecular complexity index is 820. The fourth-order valence-electron chi connectivity index (χ4n) is 2.40. The molecule has 0 aromatic heterocycles. The molecule has 0 radical (unpaired) electrons. The Hall–Kier alpha value is -1.64. The number of benzene rings is 3. The standard InChI is InChI=1S/C20H14Br2/c1-14(15-6-3-2-4-7-15)16-10-11-19(20(22)13-16)17-8-5-9-18(21)12-17/h2-13H,1H2. The van der Waals surface area contributed by atoms with Gasteiger partial charge in [-0.2, -0.15) is 0 Å². The average Bonchev–Trinajstić information content (AvgIpc) is 2.55. The summed E-state index contributed by atoms with van der Waals surface area (Å²) in [6.45, 7) is 4.22. The third-order valence-electron chi connectivity index (χ3n) is 3.58. The summed E-state index contributed by atoms with van der Waals surface area (Å²) in [6.07, 6.45) is 0. The van der Waals surface area contributed by atoms with Crippen molar-refractivity contribution in [1.29, 1.82) is 0 Å². The monoisotopic (exact) mass is 412 g/mol. The Morgan fingerprint density at radius 3 is 2.18 bits per heavy atom. The van der Waals surface area contributed by atoms with Crippen molar-refractivity contribution in [3.8, 4) is 11.1 Å². The molecule has 0 saturated heterocycles. The van der Waals surface area contributed by atoms with E-state index >= 15 is 0 Å². The maximum Gasteiger partial charge on any atom is 0.0259 e. The number of hydrogen-bond donors (Lipinski definition) is 0. The highest BCUT2D eigenvalue weighted by Gasteiger charge is 2.07. The summed E-state index contributed by atoms with van der Waals surface area (Å²) >= 11 is 7.22. The SMILES string of the molecule is C=C(c1ccccc1)c1ccc(-c2cccc(Br)c2)c(Br)c1. The minimum absolute atomic E-state index is 1.03. The molecular weight excluding hydrogens is 400 g/mol. The molecule has 108 valence electrons. The number of halogens is 2. The summed E-state index contributed by atoms with van der Waals surface area (Å²) in [5.74, 6) is 0. The topological polar surface area (TPSA) is 0 Å². The van der Waals surface area contributed by atoms with Crippen LogP contribution in [0.3, 0.4) is 0 Å². The van der Waals surface area contributed by atoms with Gasteiger partial charge in [-0.25, -0.2) is 0 Å². The van der Waals surface area contributed by atoms with E-state index in [9.17, 15) is 0 Å². The Labute approximate surface area is 147 Å². The van der Waals surface area contributed by atoms with Crippen LogP contribution < -0.4 is 0 Å². The highest BCUT2D eigenvalue weighted by atomic mass is 79.9. The molecule has 0 saturated carbocycles. The first-order valence-corrected chi connectivity index (χ1v) is 8.54. The lowest BCUT2D eigenvalue weighted by atomic mass is 9.97. The lowest BCUT2D eigenvalue weighted by Crippen LogP contribution is -1.88. The normalized spacial score (nSPS) is 10.5. The average molecular weight is 414 g/mol. The van der Waals surface area contributed by atoms with Crippen molar-refractivity contribution < 1.29 is 0 Å². The fraction of sp³-hybridized carbons (Fsp3) is 0. The van der Waals surface area contributed by atoms with Crippen LogP contribution in [0, 0.1) is 0 Å². The van der Waals surface area contributed by atoms with Gasteiger partial charge in [0.25, 0.3) is 0 Å². The van der Waals surface area contributed by atoms with E-state index in [2.05, 4.69) is 80.9 Å². The molecule has 3 rings (SSSR count). The van der Waals surface area contributed by atoms with E-state index in [1.54, 1.807) is 0 Å². The van der Waals surface area contributed by atoms with E-state index in [4.69, 9.17) is 0 Å². The lowest BCUT2D eigenvalue weighted by Gasteiger charge is -2.10. The Kier molecular flexibility index (Phi) is 4.60. The van der Waals surface area contributed by atoms with Gasteiger partial charge in [-0.15, -0.1) is 0 Å². The second kappa shape index (κ2) is 6.64. The molecule has 0 atom stereocenters. The third-order valence-corrected chi connectivity index (χ3v) is 4.72. The number of rotatable bonds is 3. The van der Waals surface area contributed by atoms with E-state index in [0.29, 0.717) is 0 Å². The Morgan fingerprint density at radius 1 is 0.727 bits per heavy atom. The summed E-state index contributed by atoms with van der Waals surface area (Å²) in [5.41, 5.74) is 5.65. The highest BCUT2D eigenvalue weighted by Crippen LogP contribution is 2.33. The van der Waals surface area contributed by atoms with Gasteiger partial charge in [0.2, 0.25) is 0 Å². The molecule has 0 amide bonds. The molecule has 0 aliphatic heterocycles. The molecule has 3 aromatic rings. The Morgan fingerprint density at radius 2 is 1.50 bits per heavy atom. The quantitative estimate of drug-likeness (QED) is 0.436. The first-order chi connectivity index (χ1) is 10.6. The van der Waals surface area contributed by atoms with Gasteiger partial charge >= 0.3 is 0 Å². The molecule has 2 heteroatoms. The molecule has 0 spiro atoms.